The summed E-state index contributed by atoms with van der Waals surface area (Å²) in [5.74, 6) is -1.14. The summed E-state index contributed by atoms with van der Waals surface area (Å²) in [6.07, 6.45) is 2.83. The van der Waals surface area contributed by atoms with Crippen molar-refractivity contribution in [2.45, 2.75) is 44.4 Å². The summed E-state index contributed by atoms with van der Waals surface area (Å²) >= 11 is 0. The molecule has 4 nitrogen and oxygen atoms in total. The Hall–Kier alpha value is -2.47. The molecular formula is C22H24F2N2O2. The number of hydrogen-bond donors (Lipinski definition) is 1. The van der Waals surface area contributed by atoms with Crippen molar-refractivity contribution >= 4 is 6.03 Å². The molecule has 0 aromatic heterocycles. The van der Waals surface area contributed by atoms with Crippen LogP contribution in [-0.2, 0) is 24.2 Å². The summed E-state index contributed by atoms with van der Waals surface area (Å²) < 4.78 is 32.9. The standard InChI is InChI=1S/C22H24F2N2O2/c23-18-8-7-16(21(24)12-18)10-19-6-3-9-26(19)22(27)25-13-20-11-15-4-1-2-5-17(15)14-28-20/h1-2,4-5,7-8,12,19-20H,3,6,9-11,13-14H2,(H,25,27)/t19?,20-/m0/s1. The second kappa shape index (κ2) is 8.27. The number of ether oxygens (including phenoxy) is 1. The molecule has 1 fully saturated rings. The average Bonchev–Trinajstić information content (AvgIpc) is 3.16. The van der Waals surface area contributed by atoms with Crippen LogP contribution in [0.5, 0.6) is 0 Å². The fraction of sp³-hybridized carbons (Fsp3) is 0.409. The number of likely N-dealkylation sites (tertiary alicyclic amines) is 1. The smallest absolute Gasteiger partial charge is 0.317 e. The molecule has 2 heterocycles. The molecule has 0 spiro atoms. The van der Waals surface area contributed by atoms with Crippen LogP contribution < -0.4 is 5.32 Å². The molecule has 1 saturated heterocycles. The van der Waals surface area contributed by atoms with Gasteiger partial charge in [0.25, 0.3) is 0 Å². The first-order valence-corrected chi connectivity index (χ1v) is 9.77. The highest BCUT2D eigenvalue weighted by Gasteiger charge is 2.30. The van der Waals surface area contributed by atoms with E-state index >= 15 is 0 Å². The fourth-order valence-electron chi connectivity index (χ4n) is 4.10. The summed E-state index contributed by atoms with van der Waals surface area (Å²) in [6, 6.07) is 11.6. The predicted molar refractivity (Wildman–Crippen MR) is 102 cm³/mol. The zero-order chi connectivity index (χ0) is 19.5. The highest BCUT2D eigenvalue weighted by atomic mass is 19.1. The zero-order valence-corrected chi connectivity index (χ0v) is 15.7. The number of halogens is 2. The van der Waals surface area contributed by atoms with Gasteiger partial charge in [-0.05, 0) is 42.0 Å². The molecule has 2 atom stereocenters. The first kappa shape index (κ1) is 18.9. The third-order valence-corrected chi connectivity index (χ3v) is 5.63. The number of benzene rings is 2. The molecule has 148 valence electrons. The lowest BCUT2D eigenvalue weighted by Gasteiger charge is -2.28. The van der Waals surface area contributed by atoms with Crippen LogP contribution in [0.2, 0.25) is 0 Å². The largest absolute Gasteiger partial charge is 0.371 e. The third-order valence-electron chi connectivity index (χ3n) is 5.63. The van der Waals surface area contributed by atoms with Crippen LogP contribution in [0.3, 0.4) is 0 Å². The van der Waals surface area contributed by atoms with Crippen LogP contribution in [0.15, 0.2) is 42.5 Å². The maximum atomic E-state index is 14.0. The van der Waals surface area contributed by atoms with Crippen LogP contribution in [0.25, 0.3) is 0 Å². The van der Waals surface area contributed by atoms with Crippen molar-refractivity contribution in [2.24, 2.45) is 0 Å². The number of nitrogens with one attached hydrogen (secondary N) is 1. The molecule has 4 rings (SSSR count). The highest BCUT2D eigenvalue weighted by Crippen LogP contribution is 2.23. The molecule has 1 N–H and O–H groups in total. The van der Waals surface area contributed by atoms with E-state index in [1.54, 1.807) is 4.90 Å². The normalized spacial score (nSPS) is 21.4. The van der Waals surface area contributed by atoms with Crippen molar-refractivity contribution in [1.29, 1.82) is 0 Å². The van der Waals surface area contributed by atoms with Gasteiger partial charge in [-0.15, -0.1) is 0 Å². The second-order valence-electron chi connectivity index (χ2n) is 7.52. The van der Waals surface area contributed by atoms with E-state index in [1.807, 2.05) is 12.1 Å². The van der Waals surface area contributed by atoms with Gasteiger partial charge in [0.05, 0.1) is 12.7 Å². The minimum Gasteiger partial charge on any atom is -0.371 e. The van der Waals surface area contributed by atoms with Gasteiger partial charge < -0.3 is 15.0 Å². The molecule has 2 aliphatic heterocycles. The number of carbonyl (C=O) groups is 1. The molecular weight excluding hydrogens is 362 g/mol. The van der Waals surface area contributed by atoms with Gasteiger partial charge >= 0.3 is 6.03 Å². The summed E-state index contributed by atoms with van der Waals surface area (Å²) in [6.45, 7) is 1.65. The van der Waals surface area contributed by atoms with Crippen LogP contribution in [-0.4, -0.2) is 36.2 Å². The molecule has 2 amide bonds. The number of amides is 2. The summed E-state index contributed by atoms with van der Waals surface area (Å²) in [7, 11) is 0. The monoisotopic (exact) mass is 386 g/mol. The van der Waals surface area contributed by atoms with E-state index in [0.717, 1.165) is 25.3 Å². The summed E-state index contributed by atoms with van der Waals surface area (Å²) in [5.41, 5.74) is 2.91. The molecule has 2 aliphatic rings. The molecule has 28 heavy (non-hydrogen) atoms. The van der Waals surface area contributed by atoms with Crippen molar-refractivity contribution in [3.8, 4) is 0 Å². The van der Waals surface area contributed by atoms with Crippen molar-refractivity contribution in [1.82, 2.24) is 10.2 Å². The SMILES string of the molecule is O=C(NC[C@@H]1Cc2ccccc2CO1)N1CCCC1Cc1ccc(F)cc1F. The fourth-order valence-corrected chi connectivity index (χ4v) is 4.10. The Morgan fingerprint density at radius 1 is 1.18 bits per heavy atom. The number of fused-ring (bicyclic) bond motifs is 1. The van der Waals surface area contributed by atoms with E-state index in [0.29, 0.717) is 31.7 Å². The first-order valence-electron chi connectivity index (χ1n) is 9.77. The van der Waals surface area contributed by atoms with Gasteiger partial charge in [-0.1, -0.05) is 30.3 Å². The Bertz CT molecular complexity index is 858. The zero-order valence-electron chi connectivity index (χ0n) is 15.7. The Labute approximate surface area is 163 Å². The third kappa shape index (κ3) is 4.17. The van der Waals surface area contributed by atoms with E-state index in [2.05, 4.69) is 17.4 Å². The first-order chi connectivity index (χ1) is 13.6. The van der Waals surface area contributed by atoms with Crippen LogP contribution in [0, 0.1) is 11.6 Å². The number of carbonyl (C=O) groups excluding carboxylic acids is 1. The van der Waals surface area contributed by atoms with Crippen molar-refractivity contribution in [3.63, 3.8) is 0 Å². The predicted octanol–water partition coefficient (Wildman–Crippen LogP) is 3.82. The van der Waals surface area contributed by atoms with Crippen LogP contribution in [0.4, 0.5) is 13.6 Å². The van der Waals surface area contributed by atoms with E-state index < -0.39 is 11.6 Å². The Morgan fingerprint density at radius 3 is 2.82 bits per heavy atom. The molecule has 2 aromatic carbocycles. The Balaban J connectivity index is 1.32. The topological polar surface area (TPSA) is 41.6 Å². The molecule has 0 saturated carbocycles. The van der Waals surface area contributed by atoms with Gasteiger partial charge in [0.15, 0.2) is 0 Å². The van der Waals surface area contributed by atoms with Gasteiger partial charge in [0.2, 0.25) is 0 Å². The maximum Gasteiger partial charge on any atom is 0.317 e. The van der Waals surface area contributed by atoms with Crippen molar-refractivity contribution in [2.75, 3.05) is 13.1 Å². The molecule has 0 radical (unpaired) electrons. The maximum absolute atomic E-state index is 14.0. The number of hydrogen-bond acceptors (Lipinski definition) is 2. The summed E-state index contributed by atoms with van der Waals surface area (Å²) in [4.78, 5) is 14.4. The molecule has 2 aromatic rings. The molecule has 0 bridgehead atoms. The van der Waals surface area contributed by atoms with Crippen LogP contribution >= 0.6 is 0 Å². The van der Waals surface area contributed by atoms with E-state index in [1.165, 1.54) is 23.3 Å². The number of rotatable bonds is 4. The average molecular weight is 386 g/mol. The van der Waals surface area contributed by atoms with Crippen molar-refractivity contribution < 1.29 is 18.3 Å². The van der Waals surface area contributed by atoms with Gasteiger partial charge in [-0.25, -0.2) is 13.6 Å². The lowest BCUT2D eigenvalue weighted by molar-refractivity contribution is 0.0296. The second-order valence-corrected chi connectivity index (χ2v) is 7.52. The molecule has 0 aliphatic carbocycles. The number of nitrogens with zero attached hydrogens (tertiary/aromatic N) is 1. The summed E-state index contributed by atoms with van der Waals surface area (Å²) in [5, 5.41) is 2.97. The minimum absolute atomic E-state index is 0.0468. The molecule has 6 heteroatoms. The van der Waals surface area contributed by atoms with Crippen LogP contribution in [0.1, 0.15) is 29.5 Å². The highest BCUT2D eigenvalue weighted by molar-refractivity contribution is 5.75. The Kier molecular flexibility index (Phi) is 5.57. The van der Waals surface area contributed by atoms with Gasteiger partial charge in [0, 0.05) is 31.6 Å². The lowest BCUT2D eigenvalue weighted by atomic mass is 9.99. The Morgan fingerprint density at radius 2 is 2.00 bits per heavy atom. The minimum atomic E-state index is -0.587. The molecule has 1 unspecified atom stereocenters. The number of urea groups is 1. The van der Waals surface area contributed by atoms with E-state index in [-0.39, 0.29) is 18.2 Å². The van der Waals surface area contributed by atoms with E-state index in [4.69, 9.17) is 4.74 Å². The quantitative estimate of drug-likeness (QED) is 0.868. The van der Waals surface area contributed by atoms with Gasteiger partial charge in [0.1, 0.15) is 11.6 Å². The van der Waals surface area contributed by atoms with Crippen molar-refractivity contribution in [3.05, 3.63) is 70.8 Å². The van der Waals surface area contributed by atoms with Gasteiger partial charge in [-0.3, -0.25) is 0 Å². The van der Waals surface area contributed by atoms with E-state index in [9.17, 15) is 13.6 Å². The van der Waals surface area contributed by atoms with Gasteiger partial charge in [-0.2, -0.15) is 0 Å². The lowest BCUT2D eigenvalue weighted by Crippen LogP contribution is -2.46.